The number of aryl methyl sites for hydroxylation is 1. The number of halogens is 1. The van der Waals surface area contributed by atoms with Crippen LogP contribution in [0.2, 0.25) is 0 Å². The minimum Gasteiger partial charge on any atom is -0.481 e. The van der Waals surface area contributed by atoms with Crippen LogP contribution in [-0.2, 0) is 4.79 Å². The van der Waals surface area contributed by atoms with Crippen LogP contribution in [0.3, 0.4) is 0 Å². The van der Waals surface area contributed by atoms with Gasteiger partial charge in [0.15, 0.2) is 6.10 Å². The Labute approximate surface area is 158 Å². The van der Waals surface area contributed by atoms with Crippen LogP contribution in [0.1, 0.15) is 29.7 Å². The average molecular weight is 363 g/mol. The van der Waals surface area contributed by atoms with Gasteiger partial charge in [0.2, 0.25) is 0 Å². The lowest BCUT2D eigenvalue weighted by Crippen LogP contribution is -2.39. The first-order valence-corrected chi connectivity index (χ1v) is 8.87. The number of benzene rings is 3. The molecule has 27 heavy (non-hydrogen) atoms. The summed E-state index contributed by atoms with van der Waals surface area (Å²) in [4.78, 5) is 12.7. The van der Waals surface area contributed by atoms with Crippen molar-refractivity contribution in [3.8, 4) is 5.75 Å². The van der Waals surface area contributed by atoms with E-state index in [0.29, 0.717) is 5.75 Å². The standard InChI is InChI=1S/C23H22FNO2/c1-16-8-10-19(11-9-16)22(18-6-4-3-5-7-18)25-23(26)17(2)27-21-14-12-20(24)13-15-21/h3-15,17,22H,1-2H3,(H,25,26)/t17-,22+/m1/s1. The van der Waals surface area contributed by atoms with Gasteiger partial charge in [-0.05, 0) is 49.2 Å². The van der Waals surface area contributed by atoms with E-state index in [1.165, 1.54) is 24.3 Å². The summed E-state index contributed by atoms with van der Waals surface area (Å²) in [6.07, 6.45) is -0.716. The Bertz CT molecular complexity index is 877. The third kappa shape index (κ3) is 4.94. The molecular formula is C23H22FNO2. The van der Waals surface area contributed by atoms with E-state index in [1.807, 2.05) is 61.5 Å². The molecule has 3 aromatic rings. The summed E-state index contributed by atoms with van der Waals surface area (Å²) in [5.41, 5.74) is 3.14. The van der Waals surface area contributed by atoms with Crippen molar-refractivity contribution in [1.82, 2.24) is 5.32 Å². The van der Waals surface area contributed by atoms with Gasteiger partial charge < -0.3 is 10.1 Å². The molecule has 3 aromatic carbocycles. The molecule has 138 valence electrons. The third-order valence-electron chi connectivity index (χ3n) is 4.33. The van der Waals surface area contributed by atoms with Gasteiger partial charge in [0.1, 0.15) is 11.6 Å². The largest absolute Gasteiger partial charge is 0.481 e. The highest BCUT2D eigenvalue weighted by molar-refractivity contribution is 5.81. The summed E-state index contributed by atoms with van der Waals surface area (Å²) in [5, 5.41) is 3.06. The number of nitrogens with one attached hydrogen (secondary N) is 1. The molecule has 0 saturated heterocycles. The van der Waals surface area contributed by atoms with Crippen LogP contribution < -0.4 is 10.1 Å². The summed E-state index contributed by atoms with van der Waals surface area (Å²) in [7, 11) is 0. The number of carbonyl (C=O) groups excluding carboxylic acids is 1. The van der Waals surface area contributed by atoms with Gasteiger partial charge in [-0.2, -0.15) is 0 Å². The molecule has 3 rings (SSSR count). The highest BCUT2D eigenvalue weighted by atomic mass is 19.1. The van der Waals surface area contributed by atoms with E-state index in [4.69, 9.17) is 4.74 Å². The van der Waals surface area contributed by atoms with Gasteiger partial charge in [0, 0.05) is 0 Å². The van der Waals surface area contributed by atoms with Gasteiger partial charge in [0.05, 0.1) is 6.04 Å². The van der Waals surface area contributed by atoms with Gasteiger partial charge >= 0.3 is 0 Å². The molecule has 4 heteroatoms. The van der Waals surface area contributed by atoms with Crippen LogP contribution >= 0.6 is 0 Å². The summed E-state index contributed by atoms with van der Waals surface area (Å²) in [5.74, 6) is -0.137. The molecule has 3 nitrogen and oxygen atoms in total. The van der Waals surface area contributed by atoms with Crippen LogP contribution in [0.25, 0.3) is 0 Å². The molecule has 1 N–H and O–H groups in total. The predicted molar refractivity (Wildman–Crippen MR) is 104 cm³/mol. The number of hydrogen-bond acceptors (Lipinski definition) is 2. The molecule has 0 spiro atoms. The predicted octanol–water partition coefficient (Wildman–Crippen LogP) is 4.81. The van der Waals surface area contributed by atoms with Crippen molar-refractivity contribution < 1.29 is 13.9 Å². The van der Waals surface area contributed by atoms with Crippen LogP contribution in [-0.4, -0.2) is 12.0 Å². The molecule has 0 bridgehead atoms. The Morgan fingerprint density at radius 3 is 2.11 bits per heavy atom. The van der Waals surface area contributed by atoms with E-state index in [-0.39, 0.29) is 17.8 Å². The normalized spacial score (nSPS) is 12.9. The molecular weight excluding hydrogens is 341 g/mol. The van der Waals surface area contributed by atoms with Crippen LogP contribution in [0, 0.1) is 12.7 Å². The van der Waals surface area contributed by atoms with Crippen molar-refractivity contribution in [3.63, 3.8) is 0 Å². The molecule has 0 saturated carbocycles. The molecule has 0 fully saturated rings. The summed E-state index contributed by atoms with van der Waals surface area (Å²) < 4.78 is 18.7. The topological polar surface area (TPSA) is 38.3 Å². The zero-order valence-corrected chi connectivity index (χ0v) is 15.4. The second-order valence-corrected chi connectivity index (χ2v) is 6.48. The quantitative estimate of drug-likeness (QED) is 0.683. The second-order valence-electron chi connectivity index (χ2n) is 6.48. The molecule has 0 aromatic heterocycles. The van der Waals surface area contributed by atoms with Crippen molar-refractivity contribution in [2.45, 2.75) is 26.0 Å². The first-order chi connectivity index (χ1) is 13.0. The lowest BCUT2D eigenvalue weighted by Gasteiger charge is -2.23. The maximum Gasteiger partial charge on any atom is 0.261 e. The SMILES string of the molecule is Cc1ccc([C@@H](NC(=O)[C@@H](C)Oc2ccc(F)cc2)c2ccccc2)cc1. The Morgan fingerprint density at radius 1 is 0.889 bits per heavy atom. The fraction of sp³-hybridized carbons (Fsp3) is 0.174. The van der Waals surface area contributed by atoms with Gasteiger partial charge in [0.25, 0.3) is 5.91 Å². The summed E-state index contributed by atoms with van der Waals surface area (Å²) in [6, 6.07) is 23.2. The van der Waals surface area contributed by atoms with Gasteiger partial charge in [-0.1, -0.05) is 60.2 Å². The van der Waals surface area contributed by atoms with Gasteiger partial charge in [-0.15, -0.1) is 0 Å². The molecule has 0 aliphatic carbocycles. The van der Waals surface area contributed by atoms with Crippen LogP contribution in [0.5, 0.6) is 5.75 Å². The van der Waals surface area contributed by atoms with Crippen molar-refractivity contribution in [1.29, 1.82) is 0 Å². The fourth-order valence-corrected chi connectivity index (χ4v) is 2.79. The lowest BCUT2D eigenvalue weighted by molar-refractivity contribution is -0.127. The van der Waals surface area contributed by atoms with Crippen molar-refractivity contribution >= 4 is 5.91 Å². The third-order valence-corrected chi connectivity index (χ3v) is 4.33. The van der Waals surface area contributed by atoms with Gasteiger partial charge in [-0.3, -0.25) is 4.79 Å². The molecule has 1 amide bonds. The highest BCUT2D eigenvalue weighted by Crippen LogP contribution is 2.23. The van der Waals surface area contributed by atoms with Crippen molar-refractivity contribution in [2.75, 3.05) is 0 Å². The highest BCUT2D eigenvalue weighted by Gasteiger charge is 2.21. The molecule has 0 unspecified atom stereocenters. The zero-order valence-electron chi connectivity index (χ0n) is 15.4. The van der Waals surface area contributed by atoms with E-state index < -0.39 is 6.10 Å². The number of carbonyl (C=O) groups is 1. The minimum atomic E-state index is -0.716. The Balaban J connectivity index is 1.77. The summed E-state index contributed by atoms with van der Waals surface area (Å²) >= 11 is 0. The first-order valence-electron chi connectivity index (χ1n) is 8.87. The molecule has 2 atom stereocenters. The van der Waals surface area contributed by atoms with E-state index in [9.17, 15) is 9.18 Å². The maximum atomic E-state index is 13.0. The Morgan fingerprint density at radius 2 is 1.48 bits per heavy atom. The second kappa shape index (κ2) is 8.49. The smallest absolute Gasteiger partial charge is 0.261 e. The summed E-state index contributed by atoms with van der Waals surface area (Å²) in [6.45, 7) is 3.70. The monoisotopic (exact) mass is 363 g/mol. The zero-order chi connectivity index (χ0) is 19.2. The number of hydrogen-bond donors (Lipinski definition) is 1. The van der Waals surface area contributed by atoms with Crippen LogP contribution in [0.4, 0.5) is 4.39 Å². The van der Waals surface area contributed by atoms with Crippen LogP contribution in [0.15, 0.2) is 78.9 Å². The number of amides is 1. The lowest BCUT2D eigenvalue weighted by atomic mass is 9.97. The number of ether oxygens (including phenoxy) is 1. The van der Waals surface area contributed by atoms with E-state index in [1.54, 1.807) is 6.92 Å². The van der Waals surface area contributed by atoms with Crippen molar-refractivity contribution in [3.05, 3.63) is 101 Å². The molecule has 0 radical (unpaired) electrons. The maximum absolute atomic E-state index is 13.0. The molecule has 0 aliphatic heterocycles. The number of rotatable bonds is 6. The Kier molecular flexibility index (Phi) is 5.87. The Hall–Kier alpha value is -3.14. The van der Waals surface area contributed by atoms with E-state index in [0.717, 1.165) is 16.7 Å². The molecule has 0 heterocycles. The average Bonchev–Trinajstić information content (AvgIpc) is 2.69. The minimum absolute atomic E-state index is 0.242. The van der Waals surface area contributed by atoms with E-state index in [2.05, 4.69) is 5.32 Å². The fourth-order valence-electron chi connectivity index (χ4n) is 2.79. The first kappa shape index (κ1) is 18.6. The van der Waals surface area contributed by atoms with Gasteiger partial charge in [-0.25, -0.2) is 4.39 Å². The van der Waals surface area contributed by atoms with Crippen molar-refractivity contribution in [2.24, 2.45) is 0 Å². The van der Waals surface area contributed by atoms with E-state index >= 15 is 0 Å². The molecule has 0 aliphatic rings.